The van der Waals surface area contributed by atoms with Crippen molar-refractivity contribution < 1.29 is 32.4 Å². The van der Waals surface area contributed by atoms with Gasteiger partial charge in [0.15, 0.2) is 0 Å². The monoisotopic (exact) mass is 688 g/mol. The molecule has 1 aliphatic heterocycles. The van der Waals surface area contributed by atoms with E-state index >= 15 is 0 Å². The molecule has 1 heterocycles. The summed E-state index contributed by atoms with van der Waals surface area (Å²) in [7, 11) is -2.06. The zero-order valence-electron chi connectivity index (χ0n) is 27.9. The largest absolute Gasteiger partial charge is 0.494 e. The highest BCUT2D eigenvalue weighted by Crippen LogP contribution is 2.47. The number of sulfonamides is 1. The first-order chi connectivity index (χ1) is 23.6. The second-order valence-electron chi connectivity index (χ2n) is 14.2. The Hall–Kier alpha value is -4.19. The van der Waals surface area contributed by atoms with Crippen LogP contribution in [0.3, 0.4) is 0 Å². The third kappa shape index (κ3) is 6.59. The van der Waals surface area contributed by atoms with Gasteiger partial charge in [0, 0.05) is 30.6 Å². The zero-order chi connectivity index (χ0) is 34.3. The van der Waals surface area contributed by atoms with Crippen LogP contribution in [0, 0.1) is 17.8 Å². The van der Waals surface area contributed by atoms with E-state index in [4.69, 9.17) is 9.57 Å². The topological polar surface area (TPSA) is 143 Å². The minimum atomic E-state index is -3.82. The predicted octanol–water partition coefficient (Wildman–Crippen LogP) is 4.30. The van der Waals surface area contributed by atoms with E-state index in [1.54, 1.807) is 18.0 Å². The lowest BCUT2D eigenvalue weighted by molar-refractivity contribution is -0.140. The first-order valence-corrected chi connectivity index (χ1v) is 19.0. The van der Waals surface area contributed by atoms with Crippen LogP contribution in [0.1, 0.15) is 75.3 Å². The highest BCUT2D eigenvalue weighted by Gasteiger charge is 2.62. The highest BCUT2D eigenvalue weighted by atomic mass is 32.2. The Kier molecular flexibility index (Phi) is 9.02. The van der Waals surface area contributed by atoms with Gasteiger partial charge in [0.25, 0.3) is 5.91 Å². The Morgan fingerprint density at radius 3 is 2.49 bits per heavy atom. The van der Waals surface area contributed by atoms with Crippen molar-refractivity contribution in [3.8, 4) is 16.9 Å². The maximum absolute atomic E-state index is 14.1. The molecule has 0 saturated heterocycles. The summed E-state index contributed by atoms with van der Waals surface area (Å²) in [6.45, 7) is 4.97. The number of ether oxygens (including phenoxy) is 1. The summed E-state index contributed by atoms with van der Waals surface area (Å²) in [5.41, 5.74) is 3.14. The number of nitrogens with zero attached hydrogens (tertiary/aromatic N) is 2. The molecule has 49 heavy (non-hydrogen) atoms. The van der Waals surface area contributed by atoms with Crippen LogP contribution in [-0.4, -0.2) is 73.8 Å². The normalized spacial score (nSPS) is 29.4. The van der Waals surface area contributed by atoms with Gasteiger partial charge in [-0.15, -0.1) is 6.58 Å². The molecule has 5 aliphatic rings. The van der Waals surface area contributed by atoms with E-state index in [2.05, 4.69) is 21.8 Å². The molecular formula is C37H44N4O7S. The smallest absolute Gasteiger partial charge is 0.259 e. The van der Waals surface area contributed by atoms with Crippen molar-refractivity contribution in [1.29, 1.82) is 0 Å². The van der Waals surface area contributed by atoms with Gasteiger partial charge >= 0.3 is 0 Å². The Morgan fingerprint density at radius 2 is 1.73 bits per heavy atom. The van der Waals surface area contributed by atoms with Crippen LogP contribution < -0.4 is 14.8 Å². The summed E-state index contributed by atoms with van der Waals surface area (Å²) < 4.78 is 33.6. The van der Waals surface area contributed by atoms with Gasteiger partial charge in [-0.2, -0.15) is 0 Å². The highest BCUT2D eigenvalue weighted by molar-refractivity contribution is 7.91. The summed E-state index contributed by atoms with van der Waals surface area (Å²) in [5, 5.41) is 6.96. The molecule has 4 bridgehead atoms. The molecule has 11 nitrogen and oxygen atoms in total. The lowest BCUT2D eigenvalue weighted by atomic mass is 9.93. The zero-order valence-corrected chi connectivity index (χ0v) is 28.7. The summed E-state index contributed by atoms with van der Waals surface area (Å²) in [6.07, 6.45) is 7.52. The number of hydrogen-bond donors (Lipinski definition) is 2. The first kappa shape index (κ1) is 33.3. The Bertz CT molecular complexity index is 1810. The second-order valence-corrected chi connectivity index (χ2v) is 16.1. The van der Waals surface area contributed by atoms with E-state index < -0.39 is 56.5 Å². The summed E-state index contributed by atoms with van der Waals surface area (Å²) in [5.74, 6) is -2.55. The van der Waals surface area contributed by atoms with Gasteiger partial charge in [-0.3, -0.25) is 19.1 Å². The van der Waals surface area contributed by atoms with Gasteiger partial charge in [0.05, 0.1) is 23.7 Å². The van der Waals surface area contributed by atoms with Crippen LogP contribution >= 0.6 is 0 Å². The fourth-order valence-electron chi connectivity index (χ4n) is 7.57. The number of benzene rings is 2. The predicted molar refractivity (Wildman–Crippen MR) is 184 cm³/mol. The van der Waals surface area contributed by atoms with Crippen molar-refractivity contribution in [2.45, 2.75) is 81.1 Å². The van der Waals surface area contributed by atoms with Gasteiger partial charge in [0.2, 0.25) is 21.8 Å². The van der Waals surface area contributed by atoms with Crippen molar-refractivity contribution in [3.63, 3.8) is 0 Å². The van der Waals surface area contributed by atoms with Gasteiger partial charge in [-0.05, 0) is 74.3 Å². The molecular weight excluding hydrogens is 644 g/mol. The van der Waals surface area contributed by atoms with E-state index in [1.165, 1.54) is 0 Å². The number of carbonyl (C=O) groups excluding carboxylic acids is 3. The average Bonchev–Trinajstić information content (AvgIpc) is 4.00. The maximum Gasteiger partial charge on any atom is 0.259 e. The fraction of sp³-hybridized carbons (Fsp3) is 0.514. The number of hydrogen-bond acceptors (Lipinski definition) is 8. The quantitative estimate of drug-likeness (QED) is 0.368. The molecule has 4 aliphatic carbocycles. The number of rotatable bonds is 6. The molecule has 1 unspecified atom stereocenters. The molecule has 3 fully saturated rings. The Morgan fingerprint density at radius 1 is 1.00 bits per heavy atom. The van der Waals surface area contributed by atoms with Crippen LogP contribution in [0.4, 0.5) is 0 Å². The van der Waals surface area contributed by atoms with E-state index in [0.717, 1.165) is 60.1 Å². The molecule has 0 aromatic heterocycles. The van der Waals surface area contributed by atoms with Crippen LogP contribution in [0.15, 0.2) is 60.3 Å². The second kappa shape index (κ2) is 13.3. The molecule has 2 N–H and O–H groups in total. The third-order valence-electron chi connectivity index (χ3n) is 10.7. The van der Waals surface area contributed by atoms with Gasteiger partial charge in [-0.1, -0.05) is 54.8 Å². The van der Waals surface area contributed by atoms with Crippen molar-refractivity contribution in [2.75, 3.05) is 20.2 Å². The van der Waals surface area contributed by atoms with E-state index in [-0.39, 0.29) is 25.2 Å². The van der Waals surface area contributed by atoms with Gasteiger partial charge in [-0.25, -0.2) is 8.42 Å². The number of nitrogens with one attached hydrogen (secondary N) is 2. The lowest BCUT2D eigenvalue weighted by Crippen LogP contribution is -2.54. The molecule has 2 aromatic carbocycles. The van der Waals surface area contributed by atoms with Crippen molar-refractivity contribution in [1.82, 2.24) is 14.9 Å². The minimum Gasteiger partial charge on any atom is -0.494 e. The van der Waals surface area contributed by atoms with Crippen molar-refractivity contribution in [3.05, 3.63) is 66.2 Å². The van der Waals surface area contributed by atoms with Gasteiger partial charge in [0.1, 0.15) is 23.1 Å². The summed E-state index contributed by atoms with van der Waals surface area (Å²) >= 11 is 0. The average molecular weight is 689 g/mol. The molecule has 2 aromatic rings. The molecule has 3 saturated carbocycles. The van der Waals surface area contributed by atoms with Crippen LogP contribution in [0.5, 0.6) is 5.75 Å². The third-order valence-corrected chi connectivity index (χ3v) is 12.5. The van der Waals surface area contributed by atoms with E-state index in [0.29, 0.717) is 31.7 Å². The van der Waals surface area contributed by atoms with Crippen molar-refractivity contribution in [2.24, 2.45) is 22.9 Å². The molecule has 7 rings (SSSR count). The van der Waals surface area contributed by atoms with Crippen LogP contribution in [0.2, 0.25) is 0 Å². The van der Waals surface area contributed by atoms with Crippen LogP contribution in [0.25, 0.3) is 11.1 Å². The summed E-state index contributed by atoms with van der Waals surface area (Å²) in [4.78, 5) is 49.3. The Balaban J connectivity index is 1.16. The van der Waals surface area contributed by atoms with Crippen molar-refractivity contribution >= 4 is 33.5 Å². The Labute approximate surface area is 287 Å². The standard InChI is InChI=1S/C37H44N4O7S/c1-3-23-22-37(23,36(44)40-49(45,46)26-14-15-26)38-34(42)31-20-25-21-32(31)35(43)41(2)17-9-5-4-6-10-18-47-24-13-16-28-27-11-7-8-12-29(27)33(39-48-25)30(28)19-24/h3,7-8,11-13,16,19,23,25-26,31-32H,1,4-6,9-10,14-15,17-18,20-22H2,2H3,(H,38,42)(H,40,44)/b39-33+/t23?,25-,31-,32-,37-/m1/s1. The number of oxime groups is 1. The number of carbonyl (C=O) groups is 3. The first-order valence-electron chi connectivity index (χ1n) is 17.5. The number of amides is 3. The van der Waals surface area contributed by atoms with Gasteiger partial charge < -0.3 is 19.8 Å². The molecule has 260 valence electrons. The molecule has 12 heteroatoms. The summed E-state index contributed by atoms with van der Waals surface area (Å²) in [6, 6.07) is 14.0. The lowest BCUT2D eigenvalue weighted by Gasteiger charge is -2.26. The fourth-order valence-corrected chi connectivity index (χ4v) is 8.94. The molecule has 0 spiro atoms. The maximum atomic E-state index is 14.1. The number of fused-ring (bicyclic) bond motifs is 6. The minimum absolute atomic E-state index is 0.155. The molecule has 3 amide bonds. The van der Waals surface area contributed by atoms with Crippen LogP contribution in [-0.2, 0) is 29.2 Å². The van der Waals surface area contributed by atoms with E-state index in [1.807, 2.05) is 42.5 Å². The SMILES string of the molecule is C=CC1C[C@]1(NC(=O)[C@@H]1C[C@@H]2C[C@H]1C(=O)N(C)CCCCCCCOc1ccc3c(c1)/C(=N/O2)c1ccccc1-3)C(=O)NS(=O)(=O)C1CC1. The van der Waals surface area contributed by atoms with E-state index in [9.17, 15) is 22.8 Å². The molecule has 0 radical (unpaired) electrons. The molecule has 5 atom stereocenters.